The molecule has 3 N–H and O–H groups in total. The highest BCUT2D eigenvalue weighted by Crippen LogP contribution is 2.34. The van der Waals surface area contributed by atoms with Crippen molar-refractivity contribution in [2.24, 2.45) is 0 Å². The van der Waals surface area contributed by atoms with Gasteiger partial charge in [0, 0.05) is 40.0 Å². The van der Waals surface area contributed by atoms with Crippen molar-refractivity contribution in [2.75, 3.05) is 13.1 Å². The predicted octanol–water partition coefficient (Wildman–Crippen LogP) is 5.21. The maximum atomic E-state index is 4.63. The SMILES string of the molecule is C1=C(c2ccc3[nH]nc(-c4cc5c(-c6ccsc6)nccc5[nH]4)c3c2)CCNC1. The molecule has 6 heteroatoms. The van der Waals surface area contributed by atoms with Gasteiger partial charge in [-0.15, -0.1) is 0 Å². The first-order valence-corrected chi connectivity index (χ1v) is 10.7. The summed E-state index contributed by atoms with van der Waals surface area (Å²) in [5, 5.41) is 17.7. The van der Waals surface area contributed by atoms with Crippen molar-refractivity contribution in [1.29, 1.82) is 0 Å². The highest BCUT2D eigenvalue weighted by Gasteiger charge is 2.15. The number of fused-ring (bicyclic) bond motifs is 2. The van der Waals surface area contributed by atoms with Gasteiger partial charge in [0.05, 0.1) is 16.9 Å². The van der Waals surface area contributed by atoms with E-state index < -0.39 is 0 Å². The Morgan fingerprint density at radius 2 is 1.90 bits per heavy atom. The molecule has 5 aromatic rings. The van der Waals surface area contributed by atoms with E-state index in [9.17, 15) is 0 Å². The topological polar surface area (TPSA) is 69.4 Å². The Morgan fingerprint density at radius 1 is 0.931 bits per heavy atom. The van der Waals surface area contributed by atoms with Crippen molar-refractivity contribution in [1.82, 2.24) is 25.5 Å². The molecule has 6 rings (SSSR count). The van der Waals surface area contributed by atoms with Crippen LogP contribution in [0.25, 0.3) is 50.0 Å². The number of H-pyrrole nitrogens is 2. The van der Waals surface area contributed by atoms with Crippen LogP contribution in [0.3, 0.4) is 0 Å². The second-order valence-electron chi connectivity index (χ2n) is 7.33. The van der Waals surface area contributed by atoms with E-state index in [2.05, 4.69) is 72.7 Å². The minimum Gasteiger partial charge on any atom is -0.353 e. The summed E-state index contributed by atoms with van der Waals surface area (Å²) < 4.78 is 0. The van der Waals surface area contributed by atoms with E-state index in [0.29, 0.717) is 0 Å². The molecular formula is C23H19N5S. The maximum Gasteiger partial charge on any atom is 0.116 e. The zero-order valence-corrected chi connectivity index (χ0v) is 16.5. The lowest BCUT2D eigenvalue weighted by atomic mass is 9.98. The van der Waals surface area contributed by atoms with Gasteiger partial charge in [0.1, 0.15) is 5.69 Å². The number of hydrogen-bond acceptors (Lipinski definition) is 4. The summed E-state index contributed by atoms with van der Waals surface area (Å²) in [7, 11) is 0. The van der Waals surface area contributed by atoms with Crippen LogP contribution in [0.1, 0.15) is 12.0 Å². The lowest BCUT2D eigenvalue weighted by Gasteiger charge is -2.14. The predicted molar refractivity (Wildman–Crippen MR) is 120 cm³/mol. The third kappa shape index (κ3) is 2.80. The number of benzene rings is 1. The number of hydrogen-bond donors (Lipinski definition) is 3. The number of nitrogens with one attached hydrogen (secondary N) is 3. The largest absolute Gasteiger partial charge is 0.353 e. The molecule has 0 bridgehead atoms. The van der Waals surface area contributed by atoms with Crippen LogP contribution in [0.5, 0.6) is 0 Å². The second-order valence-corrected chi connectivity index (χ2v) is 8.11. The third-order valence-electron chi connectivity index (χ3n) is 5.60. The fraction of sp³-hybridized carbons (Fsp3) is 0.130. The molecule has 0 saturated heterocycles. The number of pyridine rings is 1. The van der Waals surface area contributed by atoms with E-state index in [4.69, 9.17) is 0 Å². The monoisotopic (exact) mass is 397 g/mol. The number of aromatic amines is 2. The summed E-state index contributed by atoms with van der Waals surface area (Å²) in [6, 6.07) is 12.9. The molecule has 0 amide bonds. The zero-order valence-electron chi connectivity index (χ0n) is 15.7. The van der Waals surface area contributed by atoms with E-state index in [1.54, 1.807) is 11.3 Å². The van der Waals surface area contributed by atoms with Crippen LogP contribution < -0.4 is 5.32 Å². The van der Waals surface area contributed by atoms with Gasteiger partial charge in [0.2, 0.25) is 0 Å². The minimum atomic E-state index is 0.937. The summed E-state index contributed by atoms with van der Waals surface area (Å²) in [6.07, 6.45) is 5.20. The molecule has 0 atom stereocenters. The second kappa shape index (κ2) is 6.69. The molecular weight excluding hydrogens is 378 g/mol. The Kier molecular flexibility index (Phi) is 3.85. The Morgan fingerprint density at radius 3 is 2.76 bits per heavy atom. The molecule has 1 aromatic carbocycles. The molecule has 29 heavy (non-hydrogen) atoms. The third-order valence-corrected chi connectivity index (χ3v) is 6.28. The molecule has 1 aliphatic heterocycles. The maximum absolute atomic E-state index is 4.63. The van der Waals surface area contributed by atoms with Crippen molar-refractivity contribution >= 4 is 38.7 Å². The summed E-state index contributed by atoms with van der Waals surface area (Å²) in [5.41, 5.74) is 8.91. The van der Waals surface area contributed by atoms with Gasteiger partial charge in [0.25, 0.3) is 0 Å². The zero-order chi connectivity index (χ0) is 19.2. The number of thiophene rings is 1. The first-order valence-electron chi connectivity index (χ1n) is 9.76. The molecule has 0 spiro atoms. The van der Waals surface area contributed by atoms with Gasteiger partial charge in [-0.25, -0.2) is 0 Å². The summed E-state index contributed by atoms with van der Waals surface area (Å²) in [5.74, 6) is 0. The fourth-order valence-corrected chi connectivity index (χ4v) is 4.76. The van der Waals surface area contributed by atoms with Gasteiger partial charge < -0.3 is 10.3 Å². The molecule has 1 aliphatic rings. The molecule has 0 fully saturated rings. The molecule has 0 radical (unpaired) electrons. The Balaban J connectivity index is 1.50. The van der Waals surface area contributed by atoms with E-state index in [-0.39, 0.29) is 0 Å². The quantitative estimate of drug-likeness (QED) is 0.391. The van der Waals surface area contributed by atoms with Crippen molar-refractivity contribution in [3.8, 4) is 22.6 Å². The standard InChI is InChI=1S/C23H19N5S/c1-2-20-17(11-15(1)14-3-7-24-8-4-14)23(28-27-20)21-12-18-19(26-21)5-9-25-22(18)16-6-10-29-13-16/h1-3,5-6,9-13,24,26H,4,7-8H2,(H,27,28). The van der Waals surface area contributed by atoms with Crippen molar-refractivity contribution in [2.45, 2.75) is 6.42 Å². The van der Waals surface area contributed by atoms with Gasteiger partial charge in [-0.3, -0.25) is 10.1 Å². The number of aromatic nitrogens is 4. The molecule has 4 aromatic heterocycles. The van der Waals surface area contributed by atoms with Crippen molar-refractivity contribution in [3.05, 3.63) is 65.0 Å². The fourth-order valence-electron chi connectivity index (χ4n) is 4.11. The molecule has 0 aliphatic carbocycles. The van der Waals surface area contributed by atoms with Gasteiger partial charge >= 0.3 is 0 Å². The molecule has 142 valence electrons. The van der Waals surface area contributed by atoms with Crippen molar-refractivity contribution in [3.63, 3.8) is 0 Å². The van der Waals surface area contributed by atoms with E-state index >= 15 is 0 Å². The van der Waals surface area contributed by atoms with Gasteiger partial charge in [0.15, 0.2) is 0 Å². The first kappa shape index (κ1) is 16.7. The van der Waals surface area contributed by atoms with Crippen LogP contribution in [0, 0.1) is 0 Å². The van der Waals surface area contributed by atoms with Gasteiger partial charge in [-0.1, -0.05) is 12.1 Å². The van der Waals surface area contributed by atoms with Crippen molar-refractivity contribution < 1.29 is 0 Å². The Hall–Kier alpha value is -3.22. The number of nitrogens with zero attached hydrogens (tertiary/aromatic N) is 2. The van der Waals surface area contributed by atoms with Crippen LogP contribution in [-0.4, -0.2) is 33.3 Å². The average Bonchev–Trinajstić information content (AvgIpc) is 3.52. The summed E-state index contributed by atoms with van der Waals surface area (Å²) in [6.45, 7) is 1.97. The van der Waals surface area contributed by atoms with Crippen LogP contribution in [0.15, 0.2) is 59.4 Å². The van der Waals surface area contributed by atoms with E-state index in [1.807, 2.05) is 12.3 Å². The van der Waals surface area contributed by atoms with Gasteiger partial charge in [-0.05, 0) is 59.8 Å². The van der Waals surface area contributed by atoms with Crippen LogP contribution in [0.4, 0.5) is 0 Å². The molecule has 0 unspecified atom stereocenters. The summed E-state index contributed by atoms with van der Waals surface area (Å²) >= 11 is 1.69. The van der Waals surface area contributed by atoms with Gasteiger partial charge in [-0.2, -0.15) is 16.4 Å². The molecule has 0 saturated carbocycles. The smallest absolute Gasteiger partial charge is 0.116 e. The van der Waals surface area contributed by atoms with E-state index in [0.717, 1.165) is 64.0 Å². The van der Waals surface area contributed by atoms with Crippen LogP contribution >= 0.6 is 11.3 Å². The highest BCUT2D eigenvalue weighted by molar-refractivity contribution is 7.08. The summed E-state index contributed by atoms with van der Waals surface area (Å²) in [4.78, 5) is 8.17. The minimum absolute atomic E-state index is 0.937. The Labute approximate surface area is 171 Å². The number of rotatable bonds is 3. The van der Waals surface area contributed by atoms with Crippen LogP contribution in [0.2, 0.25) is 0 Å². The first-order chi connectivity index (χ1) is 14.4. The van der Waals surface area contributed by atoms with E-state index in [1.165, 1.54) is 11.1 Å². The lowest BCUT2D eigenvalue weighted by molar-refractivity contribution is 0.739. The molecule has 5 heterocycles. The highest BCUT2D eigenvalue weighted by atomic mass is 32.1. The average molecular weight is 398 g/mol. The van der Waals surface area contributed by atoms with Crippen LogP contribution in [-0.2, 0) is 0 Å². The normalized spacial score (nSPS) is 14.6. The molecule has 5 nitrogen and oxygen atoms in total. The lowest BCUT2D eigenvalue weighted by Crippen LogP contribution is -2.19. The Bertz CT molecular complexity index is 1360.